The van der Waals surface area contributed by atoms with E-state index in [0.717, 1.165) is 12.8 Å². The molecule has 1 aliphatic carbocycles. The minimum atomic E-state index is 0.597. The third kappa shape index (κ3) is 1.77. The second-order valence-electron chi connectivity index (χ2n) is 4.46. The van der Waals surface area contributed by atoms with E-state index >= 15 is 0 Å². The lowest BCUT2D eigenvalue weighted by Crippen LogP contribution is -2.00. The van der Waals surface area contributed by atoms with Crippen molar-refractivity contribution in [3.8, 4) is 0 Å². The third-order valence-electron chi connectivity index (χ3n) is 3.08. The summed E-state index contributed by atoms with van der Waals surface area (Å²) in [6.07, 6.45) is 8.61. The molecule has 0 N–H and O–H groups in total. The molecule has 0 radical (unpaired) electrons. The number of rotatable bonds is 3. The second-order valence-corrected chi connectivity index (χ2v) is 4.46. The van der Waals surface area contributed by atoms with Crippen molar-refractivity contribution in [2.45, 2.75) is 32.6 Å². The summed E-state index contributed by atoms with van der Waals surface area (Å²) in [4.78, 5) is 0. The van der Waals surface area contributed by atoms with Gasteiger partial charge in [-0.05, 0) is 41.0 Å². The van der Waals surface area contributed by atoms with Crippen LogP contribution in [0.1, 0.15) is 42.0 Å². The van der Waals surface area contributed by atoms with Gasteiger partial charge in [-0.25, -0.2) is 0 Å². The molecule has 0 heteroatoms. The molecule has 0 fully saturated rings. The van der Waals surface area contributed by atoms with Crippen molar-refractivity contribution in [2.24, 2.45) is 0 Å². The summed E-state index contributed by atoms with van der Waals surface area (Å²) in [6, 6.07) is 4.56. The van der Waals surface area contributed by atoms with Gasteiger partial charge in [0, 0.05) is 0 Å². The van der Waals surface area contributed by atoms with Gasteiger partial charge in [0.2, 0.25) is 0 Å². The molecule has 0 saturated carbocycles. The van der Waals surface area contributed by atoms with Crippen LogP contribution in [-0.4, -0.2) is 0 Å². The number of hydrogen-bond donors (Lipinski definition) is 0. The van der Waals surface area contributed by atoms with E-state index in [0.29, 0.717) is 5.92 Å². The van der Waals surface area contributed by atoms with Gasteiger partial charge in [0.15, 0.2) is 0 Å². The fraction of sp³-hybridized carbons (Fsp3) is 0.333. The Hall–Kier alpha value is -1.30. The molecule has 78 valence electrons. The lowest BCUT2D eigenvalue weighted by Gasteiger charge is -2.15. The summed E-state index contributed by atoms with van der Waals surface area (Å²) < 4.78 is 0. The van der Waals surface area contributed by atoms with Gasteiger partial charge >= 0.3 is 0 Å². The molecule has 1 aliphatic rings. The number of hydrogen-bond acceptors (Lipinski definition) is 0. The topological polar surface area (TPSA) is 0 Å². The molecule has 1 aromatic rings. The summed E-state index contributed by atoms with van der Waals surface area (Å²) in [5.74, 6) is 0.597. The van der Waals surface area contributed by atoms with Crippen molar-refractivity contribution < 1.29 is 0 Å². The Balaban J connectivity index is 2.57. The molecule has 0 unspecified atom stereocenters. The van der Waals surface area contributed by atoms with E-state index in [9.17, 15) is 0 Å². The van der Waals surface area contributed by atoms with Crippen LogP contribution in [0.15, 0.2) is 30.9 Å². The molecule has 0 amide bonds. The Labute approximate surface area is 92.3 Å². The molecule has 1 aromatic carbocycles. The minimum Gasteiger partial charge on any atom is -0.103 e. The molecule has 15 heavy (non-hydrogen) atoms. The standard InChI is InChI=1S/C15H18/c1-4-6-15-13(11(2)3)10-9-12-7-5-8-14(12)15/h4-5,8-11H,1,6-7H2,2-3H3. The summed E-state index contributed by atoms with van der Waals surface area (Å²) in [5.41, 5.74) is 5.86. The average molecular weight is 198 g/mol. The smallest absolute Gasteiger partial charge is 0.00881 e. The summed E-state index contributed by atoms with van der Waals surface area (Å²) in [5, 5.41) is 0. The van der Waals surface area contributed by atoms with Gasteiger partial charge < -0.3 is 0 Å². The van der Waals surface area contributed by atoms with Crippen LogP contribution in [0.5, 0.6) is 0 Å². The molecular formula is C15H18. The molecule has 0 aromatic heterocycles. The van der Waals surface area contributed by atoms with Gasteiger partial charge in [-0.3, -0.25) is 0 Å². The van der Waals surface area contributed by atoms with Crippen molar-refractivity contribution in [3.05, 3.63) is 53.1 Å². The van der Waals surface area contributed by atoms with Crippen LogP contribution in [0.4, 0.5) is 0 Å². The van der Waals surface area contributed by atoms with E-state index in [1.165, 1.54) is 22.3 Å². The maximum atomic E-state index is 3.86. The number of allylic oxidation sites excluding steroid dienone is 2. The van der Waals surface area contributed by atoms with Crippen LogP contribution < -0.4 is 0 Å². The lowest BCUT2D eigenvalue weighted by molar-refractivity contribution is 0.848. The maximum Gasteiger partial charge on any atom is -0.00881 e. The highest BCUT2D eigenvalue weighted by Gasteiger charge is 2.14. The first-order valence-corrected chi connectivity index (χ1v) is 5.66. The average Bonchev–Trinajstić information content (AvgIpc) is 2.66. The Morgan fingerprint density at radius 2 is 2.20 bits per heavy atom. The van der Waals surface area contributed by atoms with E-state index in [1.54, 1.807) is 0 Å². The zero-order chi connectivity index (χ0) is 10.8. The lowest BCUT2D eigenvalue weighted by atomic mass is 9.89. The molecule has 0 nitrogen and oxygen atoms in total. The van der Waals surface area contributed by atoms with Gasteiger partial charge in [-0.15, -0.1) is 6.58 Å². The van der Waals surface area contributed by atoms with Crippen LogP contribution >= 0.6 is 0 Å². The van der Waals surface area contributed by atoms with E-state index in [2.05, 4.69) is 44.7 Å². The molecule has 0 aliphatic heterocycles. The zero-order valence-corrected chi connectivity index (χ0v) is 9.59. The van der Waals surface area contributed by atoms with E-state index in [-0.39, 0.29) is 0 Å². The van der Waals surface area contributed by atoms with E-state index in [1.807, 2.05) is 6.08 Å². The minimum absolute atomic E-state index is 0.597. The van der Waals surface area contributed by atoms with Gasteiger partial charge in [-0.1, -0.05) is 44.2 Å². The highest BCUT2D eigenvalue weighted by molar-refractivity contribution is 5.65. The van der Waals surface area contributed by atoms with Crippen LogP contribution in [-0.2, 0) is 12.8 Å². The highest BCUT2D eigenvalue weighted by Crippen LogP contribution is 2.30. The summed E-state index contributed by atoms with van der Waals surface area (Å²) in [6.45, 7) is 8.37. The van der Waals surface area contributed by atoms with E-state index in [4.69, 9.17) is 0 Å². The summed E-state index contributed by atoms with van der Waals surface area (Å²) >= 11 is 0. The van der Waals surface area contributed by atoms with Gasteiger partial charge in [0.05, 0.1) is 0 Å². The van der Waals surface area contributed by atoms with Crippen LogP contribution in [0.2, 0.25) is 0 Å². The first-order chi connectivity index (χ1) is 7.24. The predicted octanol–water partition coefficient (Wildman–Crippen LogP) is 4.11. The third-order valence-corrected chi connectivity index (χ3v) is 3.08. The SMILES string of the molecule is C=CCc1c(C(C)C)ccc2c1C=CC2. The first-order valence-electron chi connectivity index (χ1n) is 5.66. The van der Waals surface area contributed by atoms with Crippen molar-refractivity contribution in [3.63, 3.8) is 0 Å². The molecule has 2 rings (SSSR count). The molecule has 0 spiro atoms. The summed E-state index contributed by atoms with van der Waals surface area (Å²) in [7, 11) is 0. The number of benzene rings is 1. The van der Waals surface area contributed by atoms with Crippen molar-refractivity contribution in [2.75, 3.05) is 0 Å². The highest BCUT2D eigenvalue weighted by atomic mass is 14.2. The second kappa shape index (κ2) is 4.06. The van der Waals surface area contributed by atoms with Crippen LogP contribution in [0, 0.1) is 0 Å². The van der Waals surface area contributed by atoms with Gasteiger partial charge in [0.1, 0.15) is 0 Å². The Morgan fingerprint density at radius 3 is 2.87 bits per heavy atom. The van der Waals surface area contributed by atoms with Crippen LogP contribution in [0.25, 0.3) is 6.08 Å². The maximum absolute atomic E-state index is 3.86. The normalized spacial score (nSPS) is 13.3. The van der Waals surface area contributed by atoms with Crippen molar-refractivity contribution >= 4 is 6.08 Å². The fourth-order valence-electron chi connectivity index (χ4n) is 2.33. The first kappa shape index (κ1) is 10.2. The predicted molar refractivity (Wildman–Crippen MR) is 67.2 cm³/mol. The molecule has 0 saturated heterocycles. The van der Waals surface area contributed by atoms with E-state index < -0.39 is 0 Å². The van der Waals surface area contributed by atoms with Crippen molar-refractivity contribution in [1.29, 1.82) is 0 Å². The monoisotopic (exact) mass is 198 g/mol. The van der Waals surface area contributed by atoms with Crippen LogP contribution in [0.3, 0.4) is 0 Å². The Kier molecular flexibility index (Phi) is 2.77. The largest absolute Gasteiger partial charge is 0.103 e. The Morgan fingerprint density at radius 1 is 1.40 bits per heavy atom. The molecule has 0 bridgehead atoms. The number of fused-ring (bicyclic) bond motifs is 1. The Bertz CT molecular complexity index is 408. The molecule has 0 heterocycles. The van der Waals surface area contributed by atoms with Crippen molar-refractivity contribution in [1.82, 2.24) is 0 Å². The van der Waals surface area contributed by atoms with Gasteiger partial charge in [-0.2, -0.15) is 0 Å². The van der Waals surface area contributed by atoms with Gasteiger partial charge in [0.25, 0.3) is 0 Å². The molecule has 0 atom stereocenters. The quantitative estimate of drug-likeness (QED) is 0.641. The fourth-order valence-corrected chi connectivity index (χ4v) is 2.33. The molecular weight excluding hydrogens is 180 g/mol. The zero-order valence-electron chi connectivity index (χ0n) is 9.59.